The van der Waals surface area contributed by atoms with Crippen molar-refractivity contribution < 1.29 is 14.0 Å². The van der Waals surface area contributed by atoms with Crippen LogP contribution in [0.4, 0.5) is 0 Å². The maximum atomic E-state index is 12.5. The van der Waals surface area contributed by atoms with Gasteiger partial charge in [0.15, 0.2) is 0 Å². The summed E-state index contributed by atoms with van der Waals surface area (Å²) >= 11 is 1.87. The van der Waals surface area contributed by atoms with Crippen molar-refractivity contribution in [3.63, 3.8) is 0 Å². The Bertz CT molecular complexity index is 514. The highest BCUT2D eigenvalue weighted by Gasteiger charge is 2.33. The highest BCUT2D eigenvalue weighted by Crippen LogP contribution is 2.17. The summed E-state index contributed by atoms with van der Waals surface area (Å²) in [5.41, 5.74) is 1.03. The fourth-order valence-electron chi connectivity index (χ4n) is 2.90. The fourth-order valence-corrected chi connectivity index (χ4v) is 3.80. The highest BCUT2D eigenvalue weighted by atomic mass is 32.2. The summed E-state index contributed by atoms with van der Waals surface area (Å²) in [6, 6.07) is 1.51. The summed E-state index contributed by atoms with van der Waals surface area (Å²) in [6.45, 7) is 3.60. The van der Waals surface area contributed by atoms with Crippen molar-refractivity contribution in [3.8, 4) is 0 Å². The van der Waals surface area contributed by atoms with E-state index < -0.39 is 0 Å². The number of amides is 2. The number of rotatable bonds is 4. The summed E-state index contributed by atoms with van der Waals surface area (Å²) in [7, 11) is 0. The maximum absolute atomic E-state index is 12.5. The lowest BCUT2D eigenvalue weighted by Crippen LogP contribution is -2.56. The van der Waals surface area contributed by atoms with Crippen LogP contribution in [0.3, 0.4) is 0 Å². The Morgan fingerprint density at radius 2 is 2.18 bits per heavy atom. The van der Waals surface area contributed by atoms with Crippen molar-refractivity contribution in [2.75, 3.05) is 37.7 Å². The first kappa shape index (κ1) is 15.4. The molecule has 6 nitrogen and oxygen atoms in total. The van der Waals surface area contributed by atoms with Crippen molar-refractivity contribution in [1.82, 2.24) is 15.1 Å². The lowest BCUT2D eigenvalue weighted by atomic mass is 10.1. The van der Waals surface area contributed by atoms with E-state index in [1.807, 2.05) is 22.7 Å². The van der Waals surface area contributed by atoms with Gasteiger partial charge in [-0.2, -0.15) is 11.8 Å². The van der Waals surface area contributed by atoms with Gasteiger partial charge in [-0.05, 0) is 6.07 Å². The average Bonchev–Trinajstić information content (AvgIpc) is 3.04. The standard InChI is InChI=1S/C15H21N3O3S/c19-14(17-4-7-22-8-5-17)9-13-15(20)16-2-3-18(13)10-12-1-6-21-11-12/h1,6,11,13H,2-5,7-10H2,(H,16,20)/t13-/m1/s1. The SMILES string of the molecule is O=C1NCCN(Cc2ccoc2)[C@@H]1CC(=O)N1CCSCC1. The third-order valence-corrected chi connectivity index (χ3v) is 5.08. The Balaban J connectivity index is 1.64. The van der Waals surface area contributed by atoms with Gasteiger partial charge in [0.05, 0.1) is 25.0 Å². The first-order valence-electron chi connectivity index (χ1n) is 7.62. The normalized spacial score (nSPS) is 23.4. The van der Waals surface area contributed by atoms with E-state index in [-0.39, 0.29) is 24.3 Å². The molecule has 0 unspecified atom stereocenters. The van der Waals surface area contributed by atoms with Crippen molar-refractivity contribution in [1.29, 1.82) is 0 Å². The fraction of sp³-hybridized carbons (Fsp3) is 0.600. The van der Waals surface area contributed by atoms with Crippen LogP contribution in [-0.4, -0.2) is 65.3 Å². The van der Waals surface area contributed by atoms with Crippen molar-refractivity contribution >= 4 is 23.6 Å². The Morgan fingerprint density at radius 1 is 1.36 bits per heavy atom. The number of nitrogens with zero attached hydrogens (tertiary/aromatic N) is 2. The second-order valence-electron chi connectivity index (χ2n) is 5.61. The van der Waals surface area contributed by atoms with Gasteiger partial charge in [-0.3, -0.25) is 14.5 Å². The summed E-state index contributed by atoms with van der Waals surface area (Å²) in [4.78, 5) is 28.6. The minimum Gasteiger partial charge on any atom is -0.472 e. The predicted molar refractivity (Wildman–Crippen MR) is 84.4 cm³/mol. The second kappa shape index (κ2) is 7.19. The smallest absolute Gasteiger partial charge is 0.237 e. The van der Waals surface area contributed by atoms with Crippen LogP contribution in [0.15, 0.2) is 23.0 Å². The molecule has 0 saturated carbocycles. The molecule has 120 valence electrons. The van der Waals surface area contributed by atoms with Gasteiger partial charge < -0.3 is 14.6 Å². The molecule has 2 saturated heterocycles. The van der Waals surface area contributed by atoms with Gasteiger partial charge in [0.2, 0.25) is 11.8 Å². The zero-order valence-electron chi connectivity index (χ0n) is 12.5. The zero-order valence-corrected chi connectivity index (χ0v) is 13.3. The molecule has 0 bridgehead atoms. The molecular formula is C15H21N3O3S. The summed E-state index contributed by atoms with van der Waals surface area (Å²) in [6.07, 6.45) is 3.58. The van der Waals surface area contributed by atoms with Crippen LogP contribution in [-0.2, 0) is 16.1 Å². The van der Waals surface area contributed by atoms with E-state index in [0.29, 0.717) is 13.1 Å². The summed E-state index contributed by atoms with van der Waals surface area (Å²) in [5, 5.41) is 2.87. The molecule has 1 aromatic rings. The van der Waals surface area contributed by atoms with E-state index >= 15 is 0 Å². The molecule has 0 radical (unpaired) electrons. The number of nitrogens with one attached hydrogen (secondary N) is 1. The van der Waals surface area contributed by atoms with Crippen molar-refractivity contribution in [3.05, 3.63) is 24.2 Å². The van der Waals surface area contributed by atoms with Gasteiger partial charge in [-0.25, -0.2) is 0 Å². The minimum atomic E-state index is -0.384. The molecule has 0 aliphatic carbocycles. The zero-order chi connectivity index (χ0) is 15.4. The second-order valence-corrected chi connectivity index (χ2v) is 6.83. The largest absolute Gasteiger partial charge is 0.472 e. The molecular weight excluding hydrogens is 302 g/mol. The Morgan fingerprint density at radius 3 is 2.91 bits per heavy atom. The third kappa shape index (κ3) is 3.64. The quantitative estimate of drug-likeness (QED) is 0.876. The number of carbonyl (C=O) groups is 2. The molecule has 1 atom stereocenters. The molecule has 0 spiro atoms. The van der Waals surface area contributed by atoms with E-state index in [0.717, 1.165) is 36.7 Å². The molecule has 1 N–H and O–H groups in total. The Kier molecular flexibility index (Phi) is 5.04. The van der Waals surface area contributed by atoms with Gasteiger partial charge in [-0.15, -0.1) is 0 Å². The number of piperazine rings is 1. The first-order valence-corrected chi connectivity index (χ1v) is 8.78. The number of hydrogen-bond acceptors (Lipinski definition) is 5. The van der Waals surface area contributed by atoms with E-state index in [4.69, 9.17) is 4.42 Å². The highest BCUT2D eigenvalue weighted by molar-refractivity contribution is 7.99. The van der Waals surface area contributed by atoms with E-state index in [1.54, 1.807) is 12.5 Å². The molecule has 7 heteroatoms. The Labute approximate surface area is 134 Å². The Hall–Kier alpha value is -1.47. The van der Waals surface area contributed by atoms with Gasteiger partial charge >= 0.3 is 0 Å². The number of thioether (sulfide) groups is 1. The lowest BCUT2D eigenvalue weighted by Gasteiger charge is -2.36. The monoisotopic (exact) mass is 323 g/mol. The van der Waals surface area contributed by atoms with Crippen LogP contribution in [0.25, 0.3) is 0 Å². The van der Waals surface area contributed by atoms with Crippen molar-refractivity contribution in [2.45, 2.75) is 19.0 Å². The van der Waals surface area contributed by atoms with Crippen LogP contribution >= 0.6 is 11.8 Å². The molecule has 2 amide bonds. The van der Waals surface area contributed by atoms with Crippen LogP contribution < -0.4 is 5.32 Å². The molecule has 2 aliphatic rings. The third-order valence-electron chi connectivity index (χ3n) is 4.14. The number of carbonyl (C=O) groups excluding carboxylic acids is 2. The van der Waals surface area contributed by atoms with Gasteiger partial charge in [0.25, 0.3) is 0 Å². The minimum absolute atomic E-state index is 0.0468. The molecule has 2 fully saturated rings. The van der Waals surface area contributed by atoms with E-state index in [9.17, 15) is 9.59 Å². The first-order chi connectivity index (χ1) is 10.7. The predicted octanol–water partition coefficient (Wildman–Crippen LogP) is 0.545. The van der Waals surface area contributed by atoms with Crippen LogP contribution in [0, 0.1) is 0 Å². The molecule has 0 aromatic carbocycles. The summed E-state index contributed by atoms with van der Waals surface area (Å²) < 4.78 is 5.09. The number of hydrogen-bond donors (Lipinski definition) is 1. The van der Waals surface area contributed by atoms with Gasteiger partial charge in [0, 0.05) is 49.8 Å². The molecule has 3 rings (SSSR count). The van der Waals surface area contributed by atoms with Crippen LogP contribution in [0.2, 0.25) is 0 Å². The topological polar surface area (TPSA) is 65.8 Å². The van der Waals surface area contributed by atoms with Gasteiger partial charge in [-0.1, -0.05) is 0 Å². The average molecular weight is 323 g/mol. The van der Waals surface area contributed by atoms with Gasteiger partial charge in [0.1, 0.15) is 0 Å². The molecule has 22 heavy (non-hydrogen) atoms. The molecule has 2 aliphatic heterocycles. The maximum Gasteiger partial charge on any atom is 0.237 e. The van der Waals surface area contributed by atoms with Crippen LogP contribution in [0.1, 0.15) is 12.0 Å². The summed E-state index contributed by atoms with van der Waals surface area (Å²) in [5.74, 6) is 2.01. The molecule has 3 heterocycles. The van der Waals surface area contributed by atoms with E-state index in [2.05, 4.69) is 10.2 Å². The lowest BCUT2D eigenvalue weighted by molar-refractivity contribution is -0.138. The van der Waals surface area contributed by atoms with Crippen LogP contribution in [0.5, 0.6) is 0 Å². The molecule has 1 aromatic heterocycles. The number of furan rings is 1. The van der Waals surface area contributed by atoms with Crippen molar-refractivity contribution in [2.24, 2.45) is 0 Å². The van der Waals surface area contributed by atoms with E-state index in [1.165, 1.54) is 0 Å².